The molecule has 0 saturated heterocycles. The molecule has 0 bridgehead atoms. The van der Waals surface area contributed by atoms with Crippen molar-refractivity contribution in [3.8, 4) is 0 Å². The fraction of sp³-hybridized carbons (Fsp3) is 0.500. The Morgan fingerprint density at radius 2 is 2.24 bits per heavy atom. The lowest BCUT2D eigenvalue weighted by atomic mass is 10.3. The molecule has 94 valence electrons. The van der Waals surface area contributed by atoms with Crippen LogP contribution < -0.4 is 10.6 Å². The monoisotopic (exact) mass is 241 g/mol. The molecule has 7 heteroatoms. The molecule has 3 N–H and O–H groups in total. The third-order valence-electron chi connectivity index (χ3n) is 1.95. The van der Waals surface area contributed by atoms with Gasteiger partial charge in [-0.05, 0) is 13.3 Å². The van der Waals surface area contributed by atoms with Crippen molar-refractivity contribution in [3.05, 3.63) is 17.5 Å². The molecule has 0 radical (unpaired) electrons. The second-order valence-electron chi connectivity index (χ2n) is 3.54. The summed E-state index contributed by atoms with van der Waals surface area (Å²) in [6.07, 6.45) is 0.450. The molecule has 1 heterocycles. The molecule has 0 fully saturated rings. The Bertz CT molecular complexity index is 389. The smallest absolute Gasteiger partial charge is 0.315 e. The Morgan fingerprint density at radius 3 is 2.82 bits per heavy atom. The molecule has 0 unspecified atom stereocenters. The lowest BCUT2D eigenvalue weighted by Crippen LogP contribution is -2.35. The number of nitrogens with zero attached hydrogens (tertiary/aromatic N) is 1. The van der Waals surface area contributed by atoms with Crippen molar-refractivity contribution in [2.75, 3.05) is 6.54 Å². The van der Waals surface area contributed by atoms with E-state index in [1.54, 1.807) is 13.0 Å². The van der Waals surface area contributed by atoms with E-state index in [0.29, 0.717) is 18.7 Å². The van der Waals surface area contributed by atoms with E-state index >= 15 is 0 Å². The van der Waals surface area contributed by atoms with Crippen LogP contribution in [0.2, 0.25) is 0 Å². The highest BCUT2D eigenvalue weighted by Gasteiger charge is 2.04. The summed E-state index contributed by atoms with van der Waals surface area (Å²) in [5.41, 5.74) is 0.753. The van der Waals surface area contributed by atoms with Crippen molar-refractivity contribution in [1.82, 2.24) is 15.8 Å². The highest BCUT2D eigenvalue weighted by Crippen LogP contribution is 2.00. The van der Waals surface area contributed by atoms with E-state index in [4.69, 9.17) is 9.63 Å². The first-order valence-corrected chi connectivity index (χ1v) is 5.23. The first-order valence-electron chi connectivity index (χ1n) is 5.23. The van der Waals surface area contributed by atoms with Crippen LogP contribution in [0.25, 0.3) is 0 Å². The minimum absolute atomic E-state index is 0.0432. The molecule has 0 aliphatic carbocycles. The summed E-state index contributed by atoms with van der Waals surface area (Å²) < 4.78 is 4.90. The van der Waals surface area contributed by atoms with Gasteiger partial charge in [-0.2, -0.15) is 0 Å². The maximum absolute atomic E-state index is 11.2. The van der Waals surface area contributed by atoms with Crippen LogP contribution in [0.5, 0.6) is 0 Å². The van der Waals surface area contributed by atoms with Gasteiger partial charge in [-0.3, -0.25) is 4.79 Å². The fourth-order valence-electron chi connectivity index (χ4n) is 1.17. The van der Waals surface area contributed by atoms with Gasteiger partial charge >= 0.3 is 12.0 Å². The number of nitrogens with one attached hydrogen (secondary N) is 2. The lowest BCUT2D eigenvalue weighted by Gasteiger charge is -2.04. The molecule has 17 heavy (non-hydrogen) atoms. The van der Waals surface area contributed by atoms with E-state index in [1.807, 2.05) is 0 Å². The minimum Gasteiger partial charge on any atom is -0.481 e. The van der Waals surface area contributed by atoms with Crippen LogP contribution in [0.3, 0.4) is 0 Å². The van der Waals surface area contributed by atoms with Gasteiger partial charge in [-0.25, -0.2) is 4.79 Å². The molecule has 1 aromatic rings. The van der Waals surface area contributed by atoms with E-state index in [0.717, 1.165) is 5.69 Å². The van der Waals surface area contributed by atoms with Crippen molar-refractivity contribution in [2.24, 2.45) is 0 Å². The number of rotatable bonds is 6. The van der Waals surface area contributed by atoms with Gasteiger partial charge in [0.05, 0.1) is 12.2 Å². The summed E-state index contributed by atoms with van der Waals surface area (Å²) in [6.45, 7) is 2.37. The maximum atomic E-state index is 11.2. The number of hydrogen-bond donors (Lipinski definition) is 3. The van der Waals surface area contributed by atoms with E-state index in [1.165, 1.54) is 0 Å². The van der Waals surface area contributed by atoms with Crippen LogP contribution in [-0.2, 0) is 11.3 Å². The Balaban J connectivity index is 2.11. The molecule has 0 aliphatic rings. The van der Waals surface area contributed by atoms with Crippen LogP contribution >= 0.6 is 0 Å². The fourth-order valence-corrected chi connectivity index (χ4v) is 1.17. The van der Waals surface area contributed by atoms with Gasteiger partial charge < -0.3 is 20.3 Å². The Kier molecular flexibility index (Phi) is 4.99. The number of carboxylic acid groups (broad SMARTS) is 1. The molecule has 0 saturated carbocycles. The zero-order valence-corrected chi connectivity index (χ0v) is 9.52. The van der Waals surface area contributed by atoms with Crippen molar-refractivity contribution in [3.63, 3.8) is 0 Å². The third kappa shape index (κ3) is 5.55. The Labute approximate surface area is 98.2 Å². The highest BCUT2D eigenvalue weighted by atomic mass is 16.5. The van der Waals surface area contributed by atoms with Gasteiger partial charge in [0, 0.05) is 19.0 Å². The summed E-state index contributed by atoms with van der Waals surface area (Å²) in [4.78, 5) is 21.4. The average Bonchev–Trinajstić information content (AvgIpc) is 2.67. The summed E-state index contributed by atoms with van der Waals surface area (Å²) in [6, 6.07) is 1.37. The number of urea groups is 1. The first-order chi connectivity index (χ1) is 8.08. The summed E-state index contributed by atoms with van der Waals surface area (Å²) in [5, 5.41) is 17.2. The van der Waals surface area contributed by atoms with Gasteiger partial charge in [0.25, 0.3) is 0 Å². The van der Waals surface area contributed by atoms with Crippen molar-refractivity contribution < 1.29 is 19.2 Å². The second-order valence-corrected chi connectivity index (χ2v) is 3.54. The number of carbonyl (C=O) groups is 2. The molecular formula is C10H15N3O4. The SMILES string of the molecule is Cc1cc(CNC(=O)NCCCC(=O)O)on1. The molecule has 0 spiro atoms. The van der Waals surface area contributed by atoms with Crippen LogP contribution in [-0.4, -0.2) is 28.8 Å². The minimum atomic E-state index is -0.871. The van der Waals surface area contributed by atoms with E-state index in [-0.39, 0.29) is 19.0 Å². The predicted molar refractivity (Wildman–Crippen MR) is 58.3 cm³/mol. The molecule has 7 nitrogen and oxygen atoms in total. The maximum Gasteiger partial charge on any atom is 0.315 e. The molecule has 2 amide bonds. The number of aliphatic carboxylic acids is 1. The number of amides is 2. The van der Waals surface area contributed by atoms with Gasteiger partial charge in [-0.1, -0.05) is 5.16 Å². The summed E-state index contributed by atoms with van der Waals surface area (Å²) >= 11 is 0. The normalized spacial score (nSPS) is 9.94. The molecule has 1 aromatic heterocycles. The number of carbonyl (C=O) groups excluding carboxylic acids is 1. The topological polar surface area (TPSA) is 104 Å². The average molecular weight is 241 g/mol. The number of carboxylic acids is 1. The zero-order valence-electron chi connectivity index (χ0n) is 9.52. The van der Waals surface area contributed by atoms with E-state index in [2.05, 4.69) is 15.8 Å². The van der Waals surface area contributed by atoms with Crippen molar-refractivity contribution >= 4 is 12.0 Å². The third-order valence-corrected chi connectivity index (χ3v) is 1.95. The molecule has 0 aliphatic heterocycles. The number of aromatic nitrogens is 1. The lowest BCUT2D eigenvalue weighted by molar-refractivity contribution is -0.137. The number of hydrogen-bond acceptors (Lipinski definition) is 4. The summed E-state index contributed by atoms with van der Waals surface area (Å²) in [7, 11) is 0. The second kappa shape index (κ2) is 6.51. The molecule has 0 atom stereocenters. The largest absolute Gasteiger partial charge is 0.481 e. The number of aryl methyl sites for hydroxylation is 1. The van der Waals surface area contributed by atoms with Gasteiger partial charge in [0.15, 0.2) is 5.76 Å². The summed E-state index contributed by atoms with van der Waals surface area (Å²) in [5.74, 6) is -0.299. The van der Waals surface area contributed by atoms with Crippen LogP contribution in [0.1, 0.15) is 24.3 Å². The standard InChI is InChI=1S/C10H15N3O4/c1-7-5-8(17-13-7)6-12-10(16)11-4-2-3-9(14)15/h5H,2-4,6H2,1H3,(H,14,15)(H2,11,12,16). The molecule has 0 aromatic carbocycles. The van der Waals surface area contributed by atoms with E-state index < -0.39 is 5.97 Å². The van der Waals surface area contributed by atoms with Crippen LogP contribution in [0.4, 0.5) is 4.79 Å². The Hall–Kier alpha value is -2.05. The molecule has 1 rings (SSSR count). The van der Waals surface area contributed by atoms with Crippen LogP contribution in [0, 0.1) is 6.92 Å². The molecular weight excluding hydrogens is 226 g/mol. The predicted octanol–water partition coefficient (Wildman–Crippen LogP) is 0.647. The highest BCUT2D eigenvalue weighted by molar-refractivity contribution is 5.73. The first kappa shape index (κ1) is 13.0. The van der Waals surface area contributed by atoms with Gasteiger partial charge in [0.2, 0.25) is 0 Å². The Morgan fingerprint density at radius 1 is 1.47 bits per heavy atom. The van der Waals surface area contributed by atoms with Gasteiger partial charge in [0.1, 0.15) is 0 Å². The van der Waals surface area contributed by atoms with Crippen molar-refractivity contribution in [1.29, 1.82) is 0 Å². The van der Waals surface area contributed by atoms with E-state index in [9.17, 15) is 9.59 Å². The van der Waals surface area contributed by atoms with Crippen LogP contribution in [0.15, 0.2) is 10.6 Å². The quantitative estimate of drug-likeness (QED) is 0.634. The van der Waals surface area contributed by atoms with Crippen molar-refractivity contribution in [2.45, 2.75) is 26.3 Å². The van der Waals surface area contributed by atoms with Gasteiger partial charge in [-0.15, -0.1) is 0 Å². The zero-order chi connectivity index (χ0) is 12.7.